The zero-order valence-corrected chi connectivity index (χ0v) is 10.0. The molecule has 1 aromatic carbocycles. The molecule has 0 atom stereocenters. The molecule has 0 bridgehead atoms. The maximum atomic E-state index is 5.80. The molecule has 2 aromatic heterocycles. The monoisotopic (exact) mass is 239 g/mol. The molecule has 2 N–H and O–H groups in total. The van der Waals surface area contributed by atoms with Gasteiger partial charge in [0.2, 0.25) is 0 Å². The molecule has 90 valence electrons. The zero-order valence-electron chi connectivity index (χ0n) is 10.0. The van der Waals surface area contributed by atoms with E-state index in [1.54, 1.807) is 12.4 Å². The predicted octanol–water partition coefficient (Wildman–Crippen LogP) is 1.96. The van der Waals surface area contributed by atoms with Gasteiger partial charge in [-0.05, 0) is 12.1 Å². The Bertz CT molecular complexity index is 701. The van der Waals surface area contributed by atoms with Crippen LogP contribution in [0.25, 0.3) is 16.9 Å². The third-order valence-electron chi connectivity index (χ3n) is 2.80. The lowest BCUT2D eigenvalue weighted by molar-refractivity contribution is 0.901. The van der Waals surface area contributed by atoms with Gasteiger partial charge >= 0.3 is 0 Å². The predicted molar refractivity (Wildman–Crippen MR) is 70.5 cm³/mol. The molecular weight excluding hydrogens is 226 g/mol. The molecule has 2 heterocycles. The van der Waals surface area contributed by atoms with Gasteiger partial charge < -0.3 is 5.73 Å². The van der Waals surface area contributed by atoms with Crippen molar-refractivity contribution < 1.29 is 0 Å². The third kappa shape index (κ3) is 1.69. The second kappa shape index (κ2) is 4.10. The Labute approximate surface area is 104 Å². The number of imidazole rings is 1. The Morgan fingerprint density at radius 2 is 2.06 bits per heavy atom. The lowest BCUT2D eigenvalue weighted by Gasteiger charge is -2.06. The summed E-state index contributed by atoms with van der Waals surface area (Å²) in [5.41, 5.74) is 7.75. The average molecular weight is 239 g/mol. The van der Waals surface area contributed by atoms with E-state index in [9.17, 15) is 0 Å². The summed E-state index contributed by atoms with van der Waals surface area (Å²) in [6.45, 7) is 2.00. The Morgan fingerprint density at radius 1 is 1.22 bits per heavy atom. The van der Waals surface area contributed by atoms with Crippen LogP contribution in [-0.2, 0) is 6.42 Å². The molecule has 0 unspecified atom stereocenters. The summed E-state index contributed by atoms with van der Waals surface area (Å²) in [4.78, 5) is 13.0. The molecule has 5 nitrogen and oxygen atoms in total. The van der Waals surface area contributed by atoms with E-state index in [0.29, 0.717) is 5.82 Å². The minimum Gasteiger partial charge on any atom is -0.384 e. The summed E-state index contributed by atoms with van der Waals surface area (Å²) >= 11 is 0. The first-order chi connectivity index (χ1) is 8.78. The summed E-state index contributed by atoms with van der Waals surface area (Å²) in [5, 5.41) is 0. The molecule has 0 aliphatic rings. The number of nitrogens with two attached hydrogens (primary N) is 1. The minimum absolute atomic E-state index is 0.481. The molecular formula is C13H13N5. The van der Waals surface area contributed by atoms with Crippen LogP contribution in [0.4, 0.5) is 5.82 Å². The molecule has 5 heteroatoms. The molecule has 0 saturated carbocycles. The highest BCUT2D eigenvalue weighted by molar-refractivity contribution is 5.76. The van der Waals surface area contributed by atoms with E-state index in [2.05, 4.69) is 15.0 Å². The van der Waals surface area contributed by atoms with Gasteiger partial charge in [0.15, 0.2) is 0 Å². The molecule has 0 amide bonds. The van der Waals surface area contributed by atoms with E-state index in [-0.39, 0.29) is 0 Å². The molecule has 3 rings (SSSR count). The Hall–Kier alpha value is -2.43. The van der Waals surface area contributed by atoms with Crippen molar-refractivity contribution >= 4 is 16.9 Å². The van der Waals surface area contributed by atoms with Gasteiger partial charge in [0.05, 0.1) is 11.0 Å². The minimum atomic E-state index is 0.481. The van der Waals surface area contributed by atoms with Gasteiger partial charge in [0, 0.05) is 12.5 Å². The highest BCUT2D eigenvalue weighted by Crippen LogP contribution is 2.17. The summed E-state index contributed by atoms with van der Waals surface area (Å²) in [6, 6.07) is 9.67. The summed E-state index contributed by atoms with van der Waals surface area (Å²) in [5.74, 6) is 1.98. The van der Waals surface area contributed by atoms with Crippen molar-refractivity contribution in [3.05, 3.63) is 42.5 Å². The molecule has 18 heavy (non-hydrogen) atoms. The average Bonchev–Trinajstić information content (AvgIpc) is 2.81. The van der Waals surface area contributed by atoms with E-state index >= 15 is 0 Å². The number of fused-ring (bicyclic) bond motifs is 1. The first-order valence-corrected chi connectivity index (χ1v) is 5.84. The number of anilines is 1. The van der Waals surface area contributed by atoms with E-state index in [4.69, 9.17) is 5.73 Å². The maximum absolute atomic E-state index is 5.80. The number of aromatic nitrogens is 4. The largest absolute Gasteiger partial charge is 0.384 e. The van der Waals surface area contributed by atoms with Crippen molar-refractivity contribution in [2.24, 2.45) is 0 Å². The van der Waals surface area contributed by atoms with Crippen LogP contribution >= 0.6 is 0 Å². The van der Waals surface area contributed by atoms with E-state index in [1.165, 1.54) is 0 Å². The normalized spacial score (nSPS) is 10.9. The van der Waals surface area contributed by atoms with Gasteiger partial charge in [-0.15, -0.1) is 0 Å². The van der Waals surface area contributed by atoms with Gasteiger partial charge in [-0.25, -0.2) is 15.0 Å². The van der Waals surface area contributed by atoms with Crippen LogP contribution in [0.3, 0.4) is 0 Å². The summed E-state index contributed by atoms with van der Waals surface area (Å²) in [6.07, 6.45) is 2.51. The zero-order chi connectivity index (χ0) is 12.5. The van der Waals surface area contributed by atoms with Crippen molar-refractivity contribution in [3.63, 3.8) is 0 Å². The van der Waals surface area contributed by atoms with Gasteiger partial charge in [-0.3, -0.25) is 4.57 Å². The lowest BCUT2D eigenvalue weighted by atomic mass is 10.3. The fourth-order valence-electron chi connectivity index (χ4n) is 1.93. The van der Waals surface area contributed by atoms with Gasteiger partial charge in [-0.1, -0.05) is 19.1 Å². The number of nitrogen functional groups attached to an aromatic ring is 1. The molecule has 0 radical (unpaired) electrons. The van der Waals surface area contributed by atoms with Crippen molar-refractivity contribution in [2.45, 2.75) is 13.3 Å². The summed E-state index contributed by atoms with van der Waals surface area (Å²) < 4.78 is 1.92. The van der Waals surface area contributed by atoms with Crippen LogP contribution in [0.1, 0.15) is 12.7 Å². The molecule has 0 aliphatic carbocycles. The van der Waals surface area contributed by atoms with E-state index in [1.807, 2.05) is 35.8 Å². The van der Waals surface area contributed by atoms with Crippen molar-refractivity contribution in [1.29, 1.82) is 0 Å². The Balaban J connectivity index is 2.22. The fourth-order valence-corrected chi connectivity index (χ4v) is 1.93. The number of benzene rings is 1. The first kappa shape index (κ1) is 10.7. The molecule has 0 spiro atoms. The number of hydrogen-bond donors (Lipinski definition) is 1. The van der Waals surface area contributed by atoms with Crippen LogP contribution in [0.2, 0.25) is 0 Å². The topological polar surface area (TPSA) is 69.6 Å². The van der Waals surface area contributed by atoms with Crippen molar-refractivity contribution in [3.8, 4) is 5.82 Å². The number of aryl methyl sites for hydroxylation is 1. The van der Waals surface area contributed by atoms with Crippen LogP contribution in [0.5, 0.6) is 0 Å². The van der Waals surface area contributed by atoms with Gasteiger partial charge in [0.1, 0.15) is 23.8 Å². The number of nitrogens with zero attached hydrogens (tertiary/aromatic N) is 4. The van der Waals surface area contributed by atoms with Gasteiger partial charge in [-0.2, -0.15) is 0 Å². The second-order valence-corrected chi connectivity index (χ2v) is 4.02. The van der Waals surface area contributed by atoms with E-state index in [0.717, 1.165) is 29.1 Å². The summed E-state index contributed by atoms with van der Waals surface area (Å²) in [7, 11) is 0. The lowest BCUT2D eigenvalue weighted by Crippen LogP contribution is -2.04. The standard InChI is InChI=1S/C13H13N5/c1-2-12-16-11(14)7-13(17-12)18-8-15-9-5-3-4-6-10(9)18/h3-8H,2H2,1H3,(H2,14,16,17). The van der Waals surface area contributed by atoms with Crippen LogP contribution in [0.15, 0.2) is 36.7 Å². The van der Waals surface area contributed by atoms with Gasteiger partial charge in [0.25, 0.3) is 0 Å². The quantitative estimate of drug-likeness (QED) is 0.742. The molecule has 0 aliphatic heterocycles. The highest BCUT2D eigenvalue weighted by Gasteiger charge is 2.07. The Morgan fingerprint density at radius 3 is 2.89 bits per heavy atom. The maximum Gasteiger partial charge on any atom is 0.144 e. The fraction of sp³-hybridized carbons (Fsp3) is 0.154. The first-order valence-electron chi connectivity index (χ1n) is 5.84. The number of rotatable bonds is 2. The SMILES string of the molecule is CCc1nc(N)cc(-n2cnc3ccccc32)n1. The van der Waals surface area contributed by atoms with Crippen molar-refractivity contribution in [1.82, 2.24) is 19.5 Å². The van der Waals surface area contributed by atoms with Crippen LogP contribution < -0.4 is 5.73 Å². The molecule has 0 fully saturated rings. The number of hydrogen-bond acceptors (Lipinski definition) is 4. The Kier molecular flexibility index (Phi) is 2.44. The van der Waals surface area contributed by atoms with Crippen LogP contribution in [-0.4, -0.2) is 19.5 Å². The smallest absolute Gasteiger partial charge is 0.144 e. The second-order valence-electron chi connectivity index (χ2n) is 4.02. The van der Waals surface area contributed by atoms with E-state index < -0.39 is 0 Å². The number of para-hydroxylation sites is 2. The highest BCUT2D eigenvalue weighted by atomic mass is 15.1. The molecule has 3 aromatic rings. The van der Waals surface area contributed by atoms with Crippen LogP contribution in [0, 0.1) is 0 Å². The molecule has 0 saturated heterocycles. The third-order valence-corrected chi connectivity index (χ3v) is 2.80. The van der Waals surface area contributed by atoms with Crippen molar-refractivity contribution in [2.75, 3.05) is 5.73 Å².